The van der Waals surface area contributed by atoms with Gasteiger partial charge in [0.25, 0.3) is 11.8 Å². The van der Waals surface area contributed by atoms with E-state index < -0.39 is 29.4 Å². The second kappa shape index (κ2) is 9.09. The van der Waals surface area contributed by atoms with Crippen molar-refractivity contribution in [1.29, 1.82) is 0 Å². The van der Waals surface area contributed by atoms with E-state index in [0.717, 1.165) is 24.3 Å². The Labute approximate surface area is 189 Å². The summed E-state index contributed by atoms with van der Waals surface area (Å²) < 4.78 is 82.6. The Morgan fingerprint density at radius 1 is 0.882 bits per heavy atom. The van der Waals surface area contributed by atoms with Gasteiger partial charge < -0.3 is 9.42 Å². The monoisotopic (exact) mass is 484 g/mol. The molecule has 0 radical (unpaired) electrons. The van der Waals surface area contributed by atoms with Crippen LogP contribution in [0.15, 0.2) is 53.1 Å². The van der Waals surface area contributed by atoms with Gasteiger partial charge in [-0.25, -0.2) is 0 Å². The number of piperazine rings is 1. The summed E-state index contributed by atoms with van der Waals surface area (Å²) >= 11 is 0. The van der Waals surface area contributed by atoms with Crippen molar-refractivity contribution in [1.82, 2.24) is 19.9 Å². The first kappa shape index (κ1) is 23.7. The molecule has 12 heteroatoms. The molecular weight excluding hydrogens is 466 g/mol. The van der Waals surface area contributed by atoms with Gasteiger partial charge in [-0.05, 0) is 36.4 Å². The lowest BCUT2D eigenvalue weighted by molar-refractivity contribution is -0.138. The third kappa shape index (κ3) is 5.38. The molecule has 2 heterocycles. The lowest BCUT2D eigenvalue weighted by atomic mass is 10.1. The van der Waals surface area contributed by atoms with Gasteiger partial charge in [0.05, 0.1) is 17.7 Å². The quantitative estimate of drug-likeness (QED) is 0.501. The standard InChI is InChI=1S/C22H18F6N4O2/c23-21(24,25)16-5-1-3-14(11-16)19-29-18(30-34-19)13-31-7-9-32(10-8-31)20(33)15-4-2-6-17(12-15)22(26,27)28/h1-6,11-12H,7-10,13H2. The van der Waals surface area contributed by atoms with E-state index in [1.54, 1.807) is 0 Å². The van der Waals surface area contributed by atoms with Crippen LogP contribution in [0.25, 0.3) is 11.5 Å². The summed E-state index contributed by atoms with van der Waals surface area (Å²) in [5, 5.41) is 3.82. The van der Waals surface area contributed by atoms with E-state index >= 15 is 0 Å². The average molecular weight is 484 g/mol. The predicted octanol–water partition coefficient (Wildman–Crippen LogP) is 4.73. The largest absolute Gasteiger partial charge is 0.416 e. The molecule has 1 aliphatic heterocycles. The Hall–Kier alpha value is -3.41. The summed E-state index contributed by atoms with van der Waals surface area (Å²) in [5.74, 6) is -0.262. The van der Waals surface area contributed by atoms with Crippen molar-refractivity contribution in [3.8, 4) is 11.5 Å². The van der Waals surface area contributed by atoms with Gasteiger partial charge in [0.1, 0.15) is 0 Å². The molecule has 1 amide bonds. The van der Waals surface area contributed by atoms with Crippen LogP contribution < -0.4 is 0 Å². The van der Waals surface area contributed by atoms with Crippen LogP contribution in [0.3, 0.4) is 0 Å². The van der Waals surface area contributed by atoms with E-state index in [-0.39, 0.29) is 42.5 Å². The Morgan fingerprint density at radius 2 is 1.50 bits per heavy atom. The van der Waals surface area contributed by atoms with Gasteiger partial charge in [0.15, 0.2) is 5.82 Å². The van der Waals surface area contributed by atoms with Crippen molar-refractivity contribution < 1.29 is 35.7 Å². The van der Waals surface area contributed by atoms with Crippen LogP contribution in [0.2, 0.25) is 0 Å². The van der Waals surface area contributed by atoms with Gasteiger partial charge >= 0.3 is 12.4 Å². The second-order valence-corrected chi connectivity index (χ2v) is 7.74. The number of rotatable bonds is 4. The van der Waals surface area contributed by atoms with E-state index in [4.69, 9.17) is 4.52 Å². The molecule has 1 saturated heterocycles. The zero-order valence-corrected chi connectivity index (χ0v) is 17.5. The average Bonchev–Trinajstić information content (AvgIpc) is 3.27. The van der Waals surface area contributed by atoms with Crippen molar-refractivity contribution >= 4 is 5.91 Å². The normalized spacial score (nSPS) is 15.5. The summed E-state index contributed by atoms with van der Waals surface area (Å²) in [4.78, 5) is 20.2. The van der Waals surface area contributed by atoms with Crippen molar-refractivity contribution in [2.24, 2.45) is 0 Å². The molecule has 34 heavy (non-hydrogen) atoms. The number of halogens is 6. The molecule has 0 bridgehead atoms. The molecule has 0 spiro atoms. The predicted molar refractivity (Wildman–Crippen MR) is 107 cm³/mol. The summed E-state index contributed by atoms with van der Waals surface area (Å²) in [7, 11) is 0. The minimum absolute atomic E-state index is 0.0350. The smallest absolute Gasteiger partial charge is 0.336 e. The number of hydrogen-bond acceptors (Lipinski definition) is 5. The summed E-state index contributed by atoms with van der Waals surface area (Å²) in [6.07, 6.45) is -9.03. The summed E-state index contributed by atoms with van der Waals surface area (Å²) in [6.45, 7) is 1.64. The van der Waals surface area contributed by atoms with Crippen LogP contribution >= 0.6 is 0 Å². The van der Waals surface area contributed by atoms with Crippen molar-refractivity contribution in [3.05, 3.63) is 71.0 Å². The highest BCUT2D eigenvalue weighted by Crippen LogP contribution is 2.32. The van der Waals surface area contributed by atoms with Gasteiger partial charge in [-0.2, -0.15) is 31.3 Å². The second-order valence-electron chi connectivity index (χ2n) is 7.74. The molecule has 0 unspecified atom stereocenters. The molecule has 6 nitrogen and oxygen atoms in total. The number of carbonyl (C=O) groups excluding carboxylic acids is 1. The van der Waals surface area contributed by atoms with Gasteiger partial charge in [-0.15, -0.1) is 0 Å². The minimum atomic E-state index is -4.54. The topological polar surface area (TPSA) is 62.5 Å². The number of aromatic nitrogens is 2. The summed E-state index contributed by atoms with van der Waals surface area (Å²) in [6, 6.07) is 8.85. The van der Waals surface area contributed by atoms with E-state index in [2.05, 4.69) is 10.1 Å². The number of amides is 1. The number of nitrogens with zero attached hydrogens (tertiary/aromatic N) is 4. The van der Waals surface area contributed by atoms with Crippen LogP contribution in [0, 0.1) is 0 Å². The molecule has 3 aromatic rings. The first-order chi connectivity index (χ1) is 16.0. The Bertz CT molecular complexity index is 1170. The first-order valence-corrected chi connectivity index (χ1v) is 10.2. The zero-order valence-electron chi connectivity index (χ0n) is 17.5. The molecule has 1 aromatic heterocycles. The molecule has 1 fully saturated rings. The van der Waals surface area contributed by atoms with Crippen LogP contribution in [-0.2, 0) is 18.9 Å². The molecular formula is C22H18F6N4O2. The van der Waals surface area contributed by atoms with Gasteiger partial charge in [-0.1, -0.05) is 17.3 Å². The Balaban J connectivity index is 1.36. The maximum atomic E-state index is 12.9. The minimum Gasteiger partial charge on any atom is -0.336 e. The highest BCUT2D eigenvalue weighted by molar-refractivity contribution is 5.94. The van der Waals surface area contributed by atoms with Gasteiger partial charge in [0, 0.05) is 37.3 Å². The molecule has 4 rings (SSSR count). The molecule has 0 atom stereocenters. The van der Waals surface area contributed by atoms with E-state index in [1.807, 2.05) is 4.90 Å². The third-order valence-corrected chi connectivity index (χ3v) is 5.37. The first-order valence-electron chi connectivity index (χ1n) is 10.2. The third-order valence-electron chi connectivity index (χ3n) is 5.37. The van der Waals surface area contributed by atoms with E-state index in [0.29, 0.717) is 13.1 Å². The number of benzene rings is 2. The van der Waals surface area contributed by atoms with Gasteiger partial charge in [-0.3, -0.25) is 9.69 Å². The van der Waals surface area contributed by atoms with Crippen LogP contribution in [0.4, 0.5) is 26.3 Å². The molecule has 180 valence electrons. The fourth-order valence-electron chi connectivity index (χ4n) is 3.58. The zero-order chi connectivity index (χ0) is 24.5. The van der Waals surface area contributed by atoms with Crippen LogP contribution in [0.5, 0.6) is 0 Å². The Kier molecular flexibility index (Phi) is 6.34. The molecule has 1 aliphatic rings. The molecule has 0 aliphatic carbocycles. The lowest BCUT2D eigenvalue weighted by Crippen LogP contribution is -2.48. The maximum Gasteiger partial charge on any atom is 0.416 e. The van der Waals surface area contributed by atoms with Crippen molar-refractivity contribution in [2.45, 2.75) is 18.9 Å². The van der Waals surface area contributed by atoms with Crippen LogP contribution in [-0.4, -0.2) is 52.0 Å². The Morgan fingerprint density at radius 3 is 2.15 bits per heavy atom. The SMILES string of the molecule is O=C(c1cccc(C(F)(F)F)c1)N1CCN(Cc2noc(-c3cccc(C(F)(F)F)c3)n2)CC1. The number of carbonyl (C=O) groups is 1. The fourth-order valence-corrected chi connectivity index (χ4v) is 3.58. The lowest BCUT2D eigenvalue weighted by Gasteiger charge is -2.34. The molecule has 0 N–H and O–H groups in total. The fraction of sp³-hybridized carbons (Fsp3) is 0.318. The van der Waals surface area contributed by atoms with Crippen LogP contribution in [0.1, 0.15) is 27.3 Å². The molecule has 2 aromatic carbocycles. The van der Waals surface area contributed by atoms with E-state index in [9.17, 15) is 31.1 Å². The van der Waals surface area contributed by atoms with Crippen molar-refractivity contribution in [2.75, 3.05) is 26.2 Å². The number of hydrogen-bond donors (Lipinski definition) is 0. The number of alkyl halides is 6. The maximum absolute atomic E-state index is 12.9. The molecule has 0 saturated carbocycles. The van der Waals surface area contributed by atoms with Crippen molar-refractivity contribution in [3.63, 3.8) is 0 Å². The highest BCUT2D eigenvalue weighted by atomic mass is 19.4. The highest BCUT2D eigenvalue weighted by Gasteiger charge is 2.32. The summed E-state index contributed by atoms with van der Waals surface area (Å²) in [5.41, 5.74) is -1.60. The van der Waals surface area contributed by atoms with Gasteiger partial charge in [0.2, 0.25) is 0 Å². The van der Waals surface area contributed by atoms with E-state index in [1.165, 1.54) is 29.2 Å².